The van der Waals surface area contributed by atoms with Crippen LogP contribution in [0.3, 0.4) is 0 Å². The van der Waals surface area contributed by atoms with Crippen molar-refractivity contribution < 1.29 is 8.42 Å². The van der Waals surface area contributed by atoms with E-state index in [4.69, 9.17) is 11.6 Å². The van der Waals surface area contributed by atoms with Gasteiger partial charge in [-0.3, -0.25) is 0 Å². The Hall–Kier alpha value is -0.880. The van der Waals surface area contributed by atoms with Gasteiger partial charge in [-0.25, -0.2) is 8.42 Å². The molecule has 1 saturated heterocycles. The van der Waals surface area contributed by atoms with E-state index in [1.54, 1.807) is 39.9 Å². The second kappa shape index (κ2) is 6.93. The number of sulfonamides is 1. The molecule has 0 amide bonds. The first-order valence-electron chi connectivity index (χ1n) is 7.82. The SMILES string of the molecule is Cc1ccc(C2CCCCCN2S(=O)(=O)c2cccc(Cl)c2)s1. The molecule has 6 heteroatoms. The van der Waals surface area contributed by atoms with Gasteiger partial charge in [-0.2, -0.15) is 4.31 Å². The molecule has 0 bridgehead atoms. The topological polar surface area (TPSA) is 37.4 Å². The quantitative estimate of drug-likeness (QED) is 0.762. The van der Waals surface area contributed by atoms with Crippen LogP contribution >= 0.6 is 22.9 Å². The van der Waals surface area contributed by atoms with Crippen LogP contribution in [0.5, 0.6) is 0 Å². The van der Waals surface area contributed by atoms with Crippen LogP contribution in [0.2, 0.25) is 5.02 Å². The van der Waals surface area contributed by atoms with Crippen LogP contribution in [0.25, 0.3) is 0 Å². The van der Waals surface area contributed by atoms with Crippen molar-refractivity contribution in [3.05, 3.63) is 51.2 Å². The van der Waals surface area contributed by atoms with Crippen molar-refractivity contribution in [2.75, 3.05) is 6.54 Å². The van der Waals surface area contributed by atoms with E-state index in [0.29, 0.717) is 11.6 Å². The van der Waals surface area contributed by atoms with E-state index in [0.717, 1.165) is 30.6 Å². The predicted octanol–water partition coefficient (Wildman–Crippen LogP) is 5.02. The summed E-state index contributed by atoms with van der Waals surface area (Å²) in [4.78, 5) is 2.63. The molecule has 1 aromatic heterocycles. The molecule has 1 atom stereocenters. The molecule has 23 heavy (non-hydrogen) atoms. The van der Waals surface area contributed by atoms with Gasteiger partial charge in [0.05, 0.1) is 10.9 Å². The highest BCUT2D eigenvalue weighted by molar-refractivity contribution is 7.89. The minimum absolute atomic E-state index is 0.0693. The smallest absolute Gasteiger partial charge is 0.207 e. The van der Waals surface area contributed by atoms with Crippen molar-refractivity contribution in [1.29, 1.82) is 0 Å². The minimum Gasteiger partial charge on any atom is -0.207 e. The molecular formula is C17H20ClNO2S2. The second-order valence-corrected chi connectivity index (χ2v) is 9.53. The molecule has 2 aromatic rings. The average molecular weight is 370 g/mol. The minimum atomic E-state index is -3.54. The zero-order chi connectivity index (χ0) is 16.4. The van der Waals surface area contributed by atoms with E-state index in [-0.39, 0.29) is 10.9 Å². The maximum Gasteiger partial charge on any atom is 0.243 e. The molecule has 0 radical (unpaired) electrons. The Morgan fingerprint density at radius 1 is 1.17 bits per heavy atom. The van der Waals surface area contributed by atoms with E-state index < -0.39 is 10.0 Å². The summed E-state index contributed by atoms with van der Waals surface area (Å²) in [5.41, 5.74) is 0. The summed E-state index contributed by atoms with van der Waals surface area (Å²) in [6, 6.07) is 10.6. The fraction of sp³-hybridized carbons (Fsp3) is 0.412. The second-order valence-electron chi connectivity index (χ2n) is 5.89. The molecule has 1 aromatic carbocycles. The van der Waals surface area contributed by atoms with Gasteiger partial charge in [-0.05, 0) is 50.1 Å². The molecule has 3 nitrogen and oxygen atoms in total. The summed E-state index contributed by atoms with van der Waals surface area (Å²) in [6.45, 7) is 2.62. The number of hydrogen-bond acceptors (Lipinski definition) is 3. The summed E-state index contributed by atoms with van der Waals surface area (Å²) >= 11 is 7.69. The van der Waals surface area contributed by atoms with E-state index in [1.165, 1.54) is 4.88 Å². The van der Waals surface area contributed by atoms with Crippen LogP contribution in [-0.4, -0.2) is 19.3 Å². The van der Waals surface area contributed by atoms with E-state index in [2.05, 4.69) is 19.1 Å². The average Bonchev–Trinajstić information content (AvgIpc) is 2.80. The monoisotopic (exact) mass is 369 g/mol. The summed E-state index contributed by atoms with van der Waals surface area (Å²) < 4.78 is 28.0. The first kappa shape index (κ1) is 17.0. The third-order valence-electron chi connectivity index (χ3n) is 4.20. The van der Waals surface area contributed by atoms with E-state index >= 15 is 0 Å². The van der Waals surface area contributed by atoms with Crippen molar-refractivity contribution in [3.8, 4) is 0 Å². The van der Waals surface area contributed by atoms with Crippen LogP contribution in [0, 0.1) is 6.92 Å². The molecule has 124 valence electrons. The van der Waals surface area contributed by atoms with Crippen LogP contribution in [0.15, 0.2) is 41.3 Å². The van der Waals surface area contributed by atoms with Gasteiger partial charge in [0, 0.05) is 21.3 Å². The van der Waals surface area contributed by atoms with Crippen molar-refractivity contribution in [2.45, 2.75) is 43.5 Å². The van der Waals surface area contributed by atoms with Crippen molar-refractivity contribution in [2.24, 2.45) is 0 Å². The molecule has 1 unspecified atom stereocenters. The number of benzene rings is 1. The molecule has 1 fully saturated rings. The summed E-state index contributed by atoms with van der Waals surface area (Å²) in [6.07, 6.45) is 3.91. The molecule has 2 heterocycles. The normalized spacial score (nSPS) is 20.3. The van der Waals surface area contributed by atoms with Gasteiger partial charge in [0.25, 0.3) is 0 Å². The molecule has 0 spiro atoms. The highest BCUT2D eigenvalue weighted by atomic mass is 35.5. The molecule has 1 aliphatic heterocycles. The molecule has 0 saturated carbocycles. The Bertz CT molecular complexity index is 785. The number of rotatable bonds is 3. The molecule has 0 N–H and O–H groups in total. The number of hydrogen-bond donors (Lipinski definition) is 0. The molecule has 0 aliphatic carbocycles. The lowest BCUT2D eigenvalue weighted by Crippen LogP contribution is -2.34. The lowest BCUT2D eigenvalue weighted by Gasteiger charge is -2.28. The fourth-order valence-electron chi connectivity index (χ4n) is 3.05. The van der Waals surface area contributed by atoms with Gasteiger partial charge in [0.15, 0.2) is 0 Å². The Morgan fingerprint density at radius 3 is 2.70 bits per heavy atom. The highest BCUT2D eigenvalue weighted by Crippen LogP contribution is 2.37. The maximum atomic E-state index is 13.2. The summed E-state index contributed by atoms with van der Waals surface area (Å²) in [5, 5.41) is 0.449. The van der Waals surface area contributed by atoms with Gasteiger partial charge in [-0.15, -0.1) is 11.3 Å². The molecular weight excluding hydrogens is 350 g/mol. The Balaban J connectivity index is 2.02. The van der Waals surface area contributed by atoms with Crippen LogP contribution in [0.4, 0.5) is 0 Å². The van der Waals surface area contributed by atoms with Crippen LogP contribution in [-0.2, 0) is 10.0 Å². The van der Waals surface area contributed by atoms with E-state index in [1.807, 2.05) is 0 Å². The summed E-state index contributed by atoms with van der Waals surface area (Å²) in [7, 11) is -3.54. The van der Waals surface area contributed by atoms with Crippen molar-refractivity contribution in [3.63, 3.8) is 0 Å². The summed E-state index contributed by atoms with van der Waals surface area (Å²) in [5.74, 6) is 0. The highest BCUT2D eigenvalue weighted by Gasteiger charge is 2.34. The lowest BCUT2D eigenvalue weighted by molar-refractivity contribution is 0.333. The first-order valence-corrected chi connectivity index (χ1v) is 10.5. The predicted molar refractivity (Wildman–Crippen MR) is 95.6 cm³/mol. The number of aryl methyl sites for hydroxylation is 1. The number of halogens is 1. The Kier molecular flexibility index (Phi) is 5.11. The van der Waals surface area contributed by atoms with Gasteiger partial charge < -0.3 is 0 Å². The number of nitrogens with zero attached hydrogens (tertiary/aromatic N) is 1. The van der Waals surface area contributed by atoms with Crippen LogP contribution < -0.4 is 0 Å². The number of thiophene rings is 1. The standard InChI is InChI=1S/C17H20ClNO2S2/c1-13-9-10-17(22-13)16-8-3-2-4-11-19(16)23(20,21)15-7-5-6-14(18)12-15/h5-7,9-10,12,16H,2-4,8,11H2,1H3. The fourth-order valence-corrected chi connectivity index (χ4v) is 6.12. The first-order chi connectivity index (χ1) is 11.0. The zero-order valence-corrected chi connectivity index (χ0v) is 15.4. The zero-order valence-electron chi connectivity index (χ0n) is 13.0. The largest absolute Gasteiger partial charge is 0.243 e. The van der Waals surface area contributed by atoms with Gasteiger partial charge in [0.2, 0.25) is 10.0 Å². The van der Waals surface area contributed by atoms with Crippen molar-refractivity contribution in [1.82, 2.24) is 4.31 Å². The van der Waals surface area contributed by atoms with Crippen molar-refractivity contribution >= 4 is 33.0 Å². The Morgan fingerprint density at radius 2 is 2.00 bits per heavy atom. The van der Waals surface area contributed by atoms with Crippen LogP contribution in [0.1, 0.15) is 41.5 Å². The molecule has 1 aliphatic rings. The van der Waals surface area contributed by atoms with Gasteiger partial charge >= 0.3 is 0 Å². The molecule has 3 rings (SSSR count). The van der Waals surface area contributed by atoms with Gasteiger partial charge in [0.1, 0.15) is 0 Å². The third-order valence-corrected chi connectivity index (χ3v) is 7.44. The lowest BCUT2D eigenvalue weighted by atomic mass is 10.1. The van der Waals surface area contributed by atoms with Gasteiger partial charge in [-0.1, -0.05) is 30.5 Å². The maximum absolute atomic E-state index is 13.2. The Labute approximate surface area is 147 Å². The van der Waals surface area contributed by atoms with E-state index in [9.17, 15) is 8.42 Å². The third kappa shape index (κ3) is 3.63.